The fraction of sp³-hybridized carbons (Fsp3) is 0.625. The first-order chi connectivity index (χ1) is 12.1. The zero-order chi connectivity index (χ0) is 17.4. The standard InChI is InChI=1S/C16H21N5O3S/c1-11-9-14(22)21-16(17-11)25-13(18-21)10-19-4-6-20(7-5-19)15(23)12-3-2-8-24-12/h9,12H,2-8,10H2,1H3. The number of hydrogen-bond donors (Lipinski definition) is 0. The van der Waals surface area contributed by atoms with E-state index in [0.29, 0.717) is 36.9 Å². The summed E-state index contributed by atoms with van der Waals surface area (Å²) in [5.41, 5.74) is 0.568. The van der Waals surface area contributed by atoms with Gasteiger partial charge in [0, 0.05) is 44.5 Å². The molecule has 2 fully saturated rings. The summed E-state index contributed by atoms with van der Waals surface area (Å²) in [5, 5.41) is 5.25. The monoisotopic (exact) mass is 363 g/mol. The molecule has 2 aromatic heterocycles. The normalized spacial score (nSPS) is 22.0. The van der Waals surface area contributed by atoms with Crippen molar-refractivity contribution in [1.82, 2.24) is 24.4 Å². The van der Waals surface area contributed by atoms with E-state index in [1.807, 2.05) is 11.8 Å². The van der Waals surface area contributed by atoms with Gasteiger partial charge in [-0.15, -0.1) is 0 Å². The minimum Gasteiger partial charge on any atom is -0.368 e. The van der Waals surface area contributed by atoms with Gasteiger partial charge in [-0.1, -0.05) is 11.3 Å². The molecule has 1 unspecified atom stereocenters. The zero-order valence-corrected chi connectivity index (χ0v) is 15.0. The topological polar surface area (TPSA) is 80.0 Å². The molecule has 8 nitrogen and oxygen atoms in total. The van der Waals surface area contributed by atoms with Crippen molar-refractivity contribution in [2.45, 2.75) is 32.4 Å². The van der Waals surface area contributed by atoms with Crippen LogP contribution in [0.2, 0.25) is 0 Å². The molecule has 9 heteroatoms. The molecule has 0 aliphatic carbocycles. The predicted octanol–water partition coefficient (Wildman–Crippen LogP) is 0.283. The Morgan fingerprint density at radius 1 is 1.36 bits per heavy atom. The molecule has 1 amide bonds. The van der Waals surface area contributed by atoms with E-state index in [-0.39, 0.29) is 17.6 Å². The van der Waals surface area contributed by atoms with E-state index < -0.39 is 0 Å². The average molecular weight is 363 g/mol. The third kappa shape index (κ3) is 3.44. The summed E-state index contributed by atoms with van der Waals surface area (Å²) in [5.74, 6) is 0.128. The molecule has 0 saturated carbocycles. The van der Waals surface area contributed by atoms with Crippen LogP contribution in [0, 0.1) is 6.92 Å². The van der Waals surface area contributed by atoms with Crippen LogP contribution in [0.25, 0.3) is 4.96 Å². The summed E-state index contributed by atoms with van der Waals surface area (Å²) in [6, 6.07) is 1.49. The number of amides is 1. The van der Waals surface area contributed by atoms with Gasteiger partial charge < -0.3 is 9.64 Å². The van der Waals surface area contributed by atoms with Crippen LogP contribution >= 0.6 is 11.3 Å². The minimum absolute atomic E-state index is 0.128. The van der Waals surface area contributed by atoms with E-state index in [2.05, 4.69) is 15.0 Å². The Bertz CT molecular complexity index is 834. The lowest BCUT2D eigenvalue weighted by atomic mass is 10.2. The largest absolute Gasteiger partial charge is 0.368 e. The third-order valence-electron chi connectivity index (χ3n) is 4.66. The van der Waals surface area contributed by atoms with Crippen molar-refractivity contribution in [2.75, 3.05) is 32.8 Å². The highest BCUT2D eigenvalue weighted by Crippen LogP contribution is 2.18. The zero-order valence-electron chi connectivity index (χ0n) is 14.2. The van der Waals surface area contributed by atoms with Crippen molar-refractivity contribution < 1.29 is 9.53 Å². The lowest BCUT2D eigenvalue weighted by Crippen LogP contribution is -2.51. The van der Waals surface area contributed by atoms with Crippen LogP contribution < -0.4 is 5.56 Å². The maximum Gasteiger partial charge on any atom is 0.275 e. The van der Waals surface area contributed by atoms with Gasteiger partial charge in [0.05, 0.1) is 6.54 Å². The molecule has 0 bridgehead atoms. The van der Waals surface area contributed by atoms with Crippen molar-refractivity contribution in [3.63, 3.8) is 0 Å². The second-order valence-electron chi connectivity index (χ2n) is 6.53. The number of fused-ring (bicyclic) bond motifs is 1. The number of ether oxygens (including phenoxy) is 1. The van der Waals surface area contributed by atoms with Crippen LogP contribution in [0.15, 0.2) is 10.9 Å². The Hall–Kier alpha value is -1.84. The van der Waals surface area contributed by atoms with Gasteiger partial charge in [0.1, 0.15) is 11.1 Å². The predicted molar refractivity (Wildman–Crippen MR) is 92.7 cm³/mol. The van der Waals surface area contributed by atoms with E-state index in [1.165, 1.54) is 21.9 Å². The molecular weight excluding hydrogens is 342 g/mol. The first kappa shape index (κ1) is 16.6. The van der Waals surface area contributed by atoms with E-state index in [9.17, 15) is 9.59 Å². The molecule has 0 spiro atoms. The van der Waals surface area contributed by atoms with Gasteiger partial charge in [-0.25, -0.2) is 4.98 Å². The Balaban J connectivity index is 1.38. The van der Waals surface area contributed by atoms with E-state index in [1.54, 1.807) is 0 Å². The van der Waals surface area contributed by atoms with Gasteiger partial charge >= 0.3 is 0 Å². The number of piperazine rings is 1. The minimum atomic E-state index is -0.239. The highest BCUT2D eigenvalue weighted by Gasteiger charge is 2.30. The molecule has 0 N–H and O–H groups in total. The molecule has 2 aliphatic rings. The summed E-state index contributed by atoms with van der Waals surface area (Å²) in [4.78, 5) is 33.5. The molecule has 2 saturated heterocycles. The van der Waals surface area contributed by atoms with Gasteiger partial charge in [-0.3, -0.25) is 14.5 Å². The molecule has 2 aliphatic heterocycles. The summed E-state index contributed by atoms with van der Waals surface area (Å²) in [6.07, 6.45) is 1.57. The van der Waals surface area contributed by atoms with E-state index in [0.717, 1.165) is 30.9 Å². The lowest BCUT2D eigenvalue weighted by molar-refractivity contribution is -0.142. The maximum atomic E-state index is 12.4. The van der Waals surface area contributed by atoms with Gasteiger partial charge in [0.25, 0.3) is 11.5 Å². The Morgan fingerprint density at radius 3 is 2.88 bits per heavy atom. The van der Waals surface area contributed by atoms with Crippen LogP contribution in [-0.2, 0) is 16.1 Å². The molecular formula is C16H21N5O3S. The van der Waals surface area contributed by atoms with Gasteiger partial charge in [-0.05, 0) is 19.8 Å². The molecule has 4 heterocycles. The molecule has 134 valence electrons. The van der Waals surface area contributed by atoms with Crippen LogP contribution in [0.3, 0.4) is 0 Å². The second-order valence-corrected chi connectivity index (χ2v) is 7.57. The van der Waals surface area contributed by atoms with Crippen LogP contribution in [-0.4, -0.2) is 69.2 Å². The van der Waals surface area contributed by atoms with Crippen LogP contribution in [0.1, 0.15) is 23.5 Å². The third-order valence-corrected chi connectivity index (χ3v) is 5.56. The highest BCUT2D eigenvalue weighted by molar-refractivity contribution is 7.16. The van der Waals surface area contributed by atoms with Crippen molar-refractivity contribution in [3.8, 4) is 0 Å². The number of carbonyl (C=O) groups excluding carboxylic acids is 1. The molecule has 2 aromatic rings. The summed E-state index contributed by atoms with van der Waals surface area (Å²) < 4.78 is 6.86. The Kier molecular flexibility index (Phi) is 4.53. The van der Waals surface area contributed by atoms with Gasteiger partial charge in [0.2, 0.25) is 4.96 Å². The Morgan fingerprint density at radius 2 is 2.16 bits per heavy atom. The van der Waals surface area contributed by atoms with Crippen molar-refractivity contribution in [3.05, 3.63) is 27.1 Å². The first-order valence-electron chi connectivity index (χ1n) is 8.59. The maximum absolute atomic E-state index is 12.4. The fourth-order valence-electron chi connectivity index (χ4n) is 3.32. The van der Waals surface area contributed by atoms with Crippen LogP contribution in [0.5, 0.6) is 0 Å². The summed E-state index contributed by atoms with van der Waals surface area (Å²) >= 11 is 1.45. The fourth-order valence-corrected chi connectivity index (χ4v) is 4.30. The number of aromatic nitrogens is 3. The number of nitrogens with zero attached hydrogens (tertiary/aromatic N) is 5. The summed E-state index contributed by atoms with van der Waals surface area (Å²) in [7, 11) is 0. The quantitative estimate of drug-likeness (QED) is 0.779. The molecule has 25 heavy (non-hydrogen) atoms. The molecule has 4 rings (SSSR count). The van der Waals surface area contributed by atoms with E-state index >= 15 is 0 Å². The molecule has 0 radical (unpaired) electrons. The summed E-state index contributed by atoms with van der Waals surface area (Å²) in [6.45, 7) is 6.20. The van der Waals surface area contributed by atoms with Crippen molar-refractivity contribution in [1.29, 1.82) is 0 Å². The highest BCUT2D eigenvalue weighted by atomic mass is 32.1. The van der Waals surface area contributed by atoms with Gasteiger partial charge in [0.15, 0.2) is 0 Å². The smallest absolute Gasteiger partial charge is 0.275 e. The first-order valence-corrected chi connectivity index (χ1v) is 9.41. The molecule has 0 aromatic carbocycles. The average Bonchev–Trinajstić information content (AvgIpc) is 3.24. The molecule has 1 atom stereocenters. The number of aryl methyl sites for hydroxylation is 1. The lowest BCUT2D eigenvalue weighted by Gasteiger charge is -2.35. The Labute approximate surface area is 149 Å². The number of hydrogen-bond acceptors (Lipinski definition) is 7. The van der Waals surface area contributed by atoms with Crippen LogP contribution in [0.4, 0.5) is 0 Å². The van der Waals surface area contributed by atoms with Crippen molar-refractivity contribution in [2.24, 2.45) is 0 Å². The SMILES string of the molecule is Cc1cc(=O)n2nc(CN3CCN(C(=O)C4CCCO4)CC3)sc2n1. The second kappa shape index (κ2) is 6.81. The van der Waals surface area contributed by atoms with E-state index in [4.69, 9.17) is 4.74 Å². The number of carbonyl (C=O) groups is 1. The van der Waals surface area contributed by atoms with Crippen molar-refractivity contribution >= 4 is 22.2 Å². The number of rotatable bonds is 3. The van der Waals surface area contributed by atoms with Gasteiger partial charge in [-0.2, -0.15) is 9.61 Å².